The van der Waals surface area contributed by atoms with Gasteiger partial charge in [0.05, 0.1) is 11.5 Å². The molecule has 0 aliphatic carbocycles. The van der Waals surface area contributed by atoms with Gasteiger partial charge in [0.25, 0.3) is 5.91 Å². The minimum Gasteiger partial charge on any atom is -0.380 e. The summed E-state index contributed by atoms with van der Waals surface area (Å²) < 4.78 is 5.21. The van der Waals surface area contributed by atoms with E-state index in [1.807, 2.05) is 34.8 Å². The molecular weight excluding hydrogens is 272 g/mol. The molecule has 0 N–H and O–H groups in total. The van der Waals surface area contributed by atoms with Gasteiger partial charge in [0.15, 0.2) is 0 Å². The maximum Gasteiger partial charge on any atom is 0.264 e. The van der Waals surface area contributed by atoms with Crippen molar-refractivity contribution in [2.24, 2.45) is 0 Å². The zero-order valence-electron chi connectivity index (χ0n) is 11.3. The Balaban J connectivity index is 1.82. The Bertz CT molecular complexity index is 610. The molecule has 0 saturated carbocycles. The molecular formula is C15H16N2O2S. The van der Waals surface area contributed by atoms with Crippen molar-refractivity contribution in [3.8, 4) is 0 Å². The van der Waals surface area contributed by atoms with Crippen molar-refractivity contribution in [3.05, 3.63) is 51.5 Å². The topological polar surface area (TPSA) is 42.4 Å². The van der Waals surface area contributed by atoms with E-state index in [1.54, 1.807) is 7.11 Å². The highest BCUT2D eigenvalue weighted by Gasteiger charge is 2.24. The van der Waals surface area contributed by atoms with Crippen LogP contribution in [-0.2, 0) is 24.3 Å². The lowest BCUT2D eigenvalue weighted by atomic mass is 9.97. The second kappa shape index (κ2) is 5.73. The van der Waals surface area contributed by atoms with Gasteiger partial charge in [0, 0.05) is 32.6 Å². The van der Waals surface area contributed by atoms with Crippen LogP contribution in [-0.4, -0.2) is 29.4 Å². The van der Waals surface area contributed by atoms with Gasteiger partial charge in [-0.15, -0.1) is 11.3 Å². The van der Waals surface area contributed by atoms with Crippen LogP contribution in [0.2, 0.25) is 0 Å². The first kappa shape index (κ1) is 13.3. The lowest BCUT2D eigenvalue weighted by molar-refractivity contribution is 0.0738. The second-order valence-corrected chi connectivity index (χ2v) is 5.77. The van der Waals surface area contributed by atoms with Crippen LogP contribution in [0.1, 0.15) is 26.4 Å². The average Bonchev–Trinajstić information content (AvgIpc) is 3.01. The fourth-order valence-electron chi connectivity index (χ4n) is 2.58. The first-order chi connectivity index (χ1) is 9.79. The maximum absolute atomic E-state index is 12.4. The number of fused-ring (bicyclic) bond motifs is 1. The Morgan fingerprint density at radius 2 is 2.40 bits per heavy atom. The van der Waals surface area contributed by atoms with Gasteiger partial charge < -0.3 is 9.64 Å². The smallest absolute Gasteiger partial charge is 0.264 e. The summed E-state index contributed by atoms with van der Waals surface area (Å²) in [4.78, 5) is 19.3. The number of carbonyl (C=O) groups is 1. The number of hydrogen-bond donors (Lipinski definition) is 0. The second-order valence-electron chi connectivity index (χ2n) is 4.82. The van der Waals surface area contributed by atoms with E-state index in [2.05, 4.69) is 4.98 Å². The van der Waals surface area contributed by atoms with Crippen LogP contribution in [0.25, 0.3) is 0 Å². The fourth-order valence-corrected chi connectivity index (χ4v) is 3.27. The molecule has 1 amide bonds. The third-order valence-corrected chi connectivity index (χ3v) is 4.41. The Labute approximate surface area is 122 Å². The first-order valence-corrected chi connectivity index (χ1v) is 7.44. The number of ether oxygens (including phenoxy) is 1. The van der Waals surface area contributed by atoms with Crippen LogP contribution in [0.15, 0.2) is 29.9 Å². The summed E-state index contributed by atoms with van der Waals surface area (Å²) in [6.07, 6.45) is 4.59. The Morgan fingerprint density at radius 1 is 1.50 bits per heavy atom. The van der Waals surface area contributed by atoms with Gasteiger partial charge in [-0.25, -0.2) is 0 Å². The van der Waals surface area contributed by atoms with Crippen molar-refractivity contribution >= 4 is 17.2 Å². The number of amides is 1. The van der Waals surface area contributed by atoms with Crippen molar-refractivity contribution < 1.29 is 9.53 Å². The van der Waals surface area contributed by atoms with Crippen LogP contribution < -0.4 is 0 Å². The molecule has 0 fully saturated rings. The summed E-state index contributed by atoms with van der Waals surface area (Å²) >= 11 is 1.49. The van der Waals surface area contributed by atoms with E-state index in [0.29, 0.717) is 13.2 Å². The van der Waals surface area contributed by atoms with E-state index in [-0.39, 0.29) is 5.91 Å². The number of aromatic nitrogens is 1. The molecule has 1 aliphatic rings. The zero-order valence-corrected chi connectivity index (χ0v) is 12.2. The van der Waals surface area contributed by atoms with Gasteiger partial charge in [-0.2, -0.15) is 0 Å². The molecule has 20 heavy (non-hydrogen) atoms. The van der Waals surface area contributed by atoms with Crippen LogP contribution in [0.5, 0.6) is 0 Å². The lowest BCUT2D eigenvalue weighted by Crippen LogP contribution is -2.36. The highest BCUT2D eigenvalue weighted by Crippen LogP contribution is 2.24. The molecule has 4 nitrogen and oxygen atoms in total. The molecule has 0 radical (unpaired) electrons. The molecule has 104 valence electrons. The summed E-state index contributed by atoms with van der Waals surface area (Å²) in [5, 5.41) is 1.93. The number of carbonyl (C=O) groups excluding carboxylic acids is 1. The molecule has 0 saturated heterocycles. The molecule has 0 atom stereocenters. The molecule has 0 bridgehead atoms. The summed E-state index contributed by atoms with van der Waals surface area (Å²) in [5.41, 5.74) is 3.56. The van der Waals surface area contributed by atoms with E-state index in [0.717, 1.165) is 29.0 Å². The van der Waals surface area contributed by atoms with Crippen molar-refractivity contribution in [1.82, 2.24) is 9.88 Å². The highest BCUT2D eigenvalue weighted by molar-refractivity contribution is 7.12. The van der Waals surface area contributed by atoms with Crippen molar-refractivity contribution in [2.75, 3.05) is 13.7 Å². The average molecular weight is 288 g/mol. The summed E-state index contributed by atoms with van der Waals surface area (Å²) in [6, 6.07) is 3.79. The predicted molar refractivity (Wildman–Crippen MR) is 77.7 cm³/mol. The van der Waals surface area contributed by atoms with E-state index in [9.17, 15) is 4.79 Å². The predicted octanol–water partition coefficient (Wildman–Crippen LogP) is 2.49. The zero-order chi connectivity index (χ0) is 13.9. The van der Waals surface area contributed by atoms with Gasteiger partial charge in [0.2, 0.25) is 0 Å². The van der Waals surface area contributed by atoms with Gasteiger partial charge in [-0.05, 0) is 34.6 Å². The molecule has 0 aromatic carbocycles. The Kier molecular flexibility index (Phi) is 3.80. The molecule has 2 aromatic heterocycles. The Hall–Kier alpha value is -1.72. The fraction of sp³-hybridized carbons (Fsp3) is 0.333. The van der Waals surface area contributed by atoms with Crippen LogP contribution in [0, 0.1) is 0 Å². The number of hydrogen-bond acceptors (Lipinski definition) is 4. The van der Waals surface area contributed by atoms with Crippen molar-refractivity contribution in [1.29, 1.82) is 0 Å². The number of thiophene rings is 1. The van der Waals surface area contributed by atoms with Gasteiger partial charge in [-0.1, -0.05) is 6.07 Å². The summed E-state index contributed by atoms with van der Waals surface area (Å²) in [7, 11) is 1.69. The molecule has 3 rings (SSSR count). The van der Waals surface area contributed by atoms with Gasteiger partial charge in [0.1, 0.15) is 0 Å². The van der Waals surface area contributed by atoms with E-state index >= 15 is 0 Å². The minimum absolute atomic E-state index is 0.114. The van der Waals surface area contributed by atoms with Crippen molar-refractivity contribution in [2.45, 2.75) is 19.6 Å². The molecule has 0 unspecified atom stereocenters. The Morgan fingerprint density at radius 3 is 3.15 bits per heavy atom. The van der Waals surface area contributed by atoms with E-state index in [1.165, 1.54) is 16.9 Å². The maximum atomic E-state index is 12.4. The van der Waals surface area contributed by atoms with E-state index in [4.69, 9.17) is 4.74 Å². The van der Waals surface area contributed by atoms with E-state index < -0.39 is 0 Å². The van der Waals surface area contributed by atoms with Crippen LogP contribution in [0.4, 0.5) is 0 Å². The third-order valence-electron chi connectivity index (χ3n) is 3.55. The monoisotopic (exact) mass is 288 g/mol. The lowest BCUT2D eigenvalue weighted by Gasteiger charge is -2.29. The number of nitrogens with zero attached hydrogens (tertiary/aromatic N) is 2. The van der Waals surface area contributed by atoms with Crippen molar-refractivity contribution in [3.63, 3.8) is 0 Å². The minimum atomic E-state index is 0.114. The summed E-state index contributed by atoms with van der Waals surface area (Å²) in [5.74, 6) is 0.114. The molecule has 5 heteroatoms. The highest BCUT2D eigenvalue weighted by atomic mass is 32.1. The summed E-state index contributed by atoms with van der Waals surface area (Å²) in [6.45, 7) is 1.97. The molecule has 2 aromatic rings. The number of rotatable bonds is 3. The largest absolute Gasteiger partial charge is 0.380 e. The van der Waals surface area contributed by atoms with Crippen LogP contribution >= 0.6 is 11.3 Å². The SMILES string of the molecule is COCc1cncc2c1CCN(C(=O)c1cccs1)C2. The van der Waals surface area contributed by atoms with Gasteiger partial charge in [-0.3, -0.25) is 9.78 Å². The third kappa shape index (κ3) is 2.46. The molecule has 3 heterocycles. The number of pyridine rings is 1. The van der Waals surface area contributed by atoms with Gasteiger partial charge >= 0.3 is 0 Å². The molecule has 1 aliphatic heterocycles. The van der Waals surface area contributed by atoms with Crippen LogP contribution in [0.3, 0.4) is 0 Å². The standard InChI is InChI=1S/C15H16N2O2S/c1-19-10-12-8-16-7-11-9-17(5-4-13(11)12)15(18)14-3-2-6-20-14/h2-3,6-8H,4-5,9-10H2,1H3. The molecule has 0 spiro atoms. The normalized spacial score (nSPS) is 14.2. The number of methoxy groups -OCH3 is 1. The first-order valence-electron chi connectivity index (χ1n) is 6.56. The quantitative estimate of drug-likeness (QED) is 0.871.